The van der Waals surface area contributed by atoms with Gasteiger partial charge in [0.15, 0.2) is 0 Å². The van der Waals surface area contributed by atoms with E-state index in [0.29, 0.717) is 10.6 Å². The minimum absolute atomic E-state index is 0.0822. The second kappa shape index (κ2) is 6.73. The van der Waals surface area contributed by atoms with Gasteiger partial charge in [0.1, 0.15) is 0 Å². The fourth-order valence-corrected chi connectivity index (χ4v) is 2.91. The summed E-state index contributed by atoms with van der Waals surface area (Å²) >= 11 is 9.47. The molecular weight excluding hydrogens is 328 g/mol. The van der Waals surface area contributed by atoms with E-state index >= 15 is 0 Å². The zero-order chi connectivity index (χ0) is 13.8. The number of likely N-dealkylation sites (tertiary alicyclic amines) is 1. The van der Waals surface area contributed by atoms with Gasteiger partial charge >= 0.3 is 0 Å². The van der Waals surface area contributed by atoms with Gasteiger partial charge in [-0.25, -0.2) is 0 Å². The van der Waals surface area contributed by atoms with Gasteiger partial charge in [0, 0.05) is 23.6 Å². The summed E-state index contributed by atoms with van der Waals surface area (Å²) in [4.78, 5) is 14.6. The Morgan fingerprint density at radius 3 is 2.79 bits per heavy atom. The number of piperidine rings is 1. The molecule has 0 aliphatic carbocycles. The maximum Gasteiger partial charge on any atom is 0.253 e. The minimum atomic E-state index is -0.0822. The van der Waals surface area contributed by atoms with Crippen LogP contribution in [-0.2, 0) is 0 Å². The third-order valence-corrected chi connectivity index (χ3v) is 4.86. The number of nitrogens with one attached hydrogen (secondary N) is 1. The Kier molecular flexibility index (Phi) is 5.25. The second-order valence-electron chi connectivity index (χ2n) is 4.78. The quantitative estimate of drug-likeness (QED) is 0.911. The van der Waals surface area contributed by atoms with Crippen LogP contribution in [0.5, 0.6) is 0 Å². The van der Waals surface area contributed by atoms with Crippen LogP contribution in [-0.4, -0.2) is 36.5 Å². The van der Waals surface area contributed by atoms with Crippen molar-refractivity contribution >= 4 is 33.4 Å². The van der Waals surface area contributed by atoms with Crippen molar-refractivity contribution < 1.29 is 4.79 Å². The molecule has 0 spiro atoms. The molecule has 0 atom stereocenters. The van der Waals surface area contributed by atoms with Crippen LogP contribution in [0, 0.1) is 0 Å². The van der Waals surface area contributed by atoms with Gasteiger partial charge in [-0.05, 0) is 47.4 Å². The topological polar surface area (TPSA) is 32.3 Å². The van der Waals surface area contributed by atoms with Crippen LogP contribution < -0.4 is 5.32 Å². The van der Waals surface area contributed by atoms with Crippen molar-refractivity contribution in [2.45, 2.75) is 25.8 Å². The summed E-state index contributed by atoms with van der Waals surface area (Å²) in [6.07, 6.45) is 2.01. The van der Waals surface area contributed by atoms with Gasteiger partial charge in [0.25, 0.3) is 5.91 Å². The molecule has 0 radical (unpaired) electrons. The maximum atomic E-state index is 12.2. The number of carbonyl (C=O) groups excluding carboxylic acids is 1. The number of hydrogen-bond donors (Lipinski definition) is 1. The Morgan fingerprint density at radius 1 is 1.47 bits per heavy atom. The van der Waals surface area contributed by atoms with Crippen molar-refractivity contribution in [3.63, 3.8) is 0 Å². The molecule has 1 amide bonds. The van der Waals surface area contributed by atoms with E-state index in [1.54, 1.807) is 6.07 Å². The number of rotatable bonds is 3. The van der Waals surface area contributed by atoms with Crippen molar-refractivity contribution in [2.24, 2.45) is 0 Å². The Labute approximate surface area is 127 Å². The van der Waals surface area contributed by atoms with Crippen LogP contribution in [0.1, 0.15) is 30.1 Å². The molecule has 0 saturated carbocycles. The van der Waals surface area contributed by atoms with Crippen LogP contribution in [0.3, 0.4) is 0 Å². The molecule has 2 rings (SSSR count). The van der Waals surface area contributed by atoms with Crippen LogP contribution in [0.15, 0.2) is 22.7 Å². The Bertz CT molecular complexity index is 459. The molecule has 1 aliphatic rings. The molecule has 0 unspecified atom stereocenters. The highest BCUT2D eigenvalue weighted by Gasteiger charge is 2.21. The van der Waals surface area contributed by atoms with Crippen LogP contribution >= 0.6 is 27.5 Å². The van der Waals surface area contributed by atoms with E-state index in [1.165, 1.54) is 0 Å². The highest BCUT2D eigenvalue weighted by Crippen LogP contribution is 2.26. The zero-order valence-corrected chi connectivity index (χ0v) is 13.3. The van der Waals surface area contributed by atoms with E-state index in [1.807, 2.05) is 12.1 Å². The number of hydrogen-bond acceptors (Lipinski definition) is 2. The average molecular weight is 346 g/mol. The lowest BCUT2D eigenvalue weighted by molar-refractivity contribution is 0.0913. The predicted molar refractivity (Wildman–Crippen MR) is 81.8 cm³/mol. The summed E-state index contributed by atoms with van der Waals surface area (Å²) in [5.41, 5.74) is 0.536. The molecule has 1 fully saturated rings. The molecule has 1 heterocycles. The molecular formula is C14H18BrClN2O. The first-order valence-electron chi connectivity index (χ1n) is 6.59. The molecule has 1 aromatic carbocycles. The van der Waals surface area contributed by atoms with E-state index in [-0.39, 0.29) is 11.9 Å². The molecule has 1 saturated heterocycles. The number of carbonyl (C=O) groups is 1. The predicted octanol–water partition coefficient (Wildman–Crippen LogP) is 3.32. The summed E-state index contributed by atoms with van der Waals surface area (Å²) < 4.78 is 0.752. The zero-order valence-electron chi connectivity index (χ0n) is 11.0. The van der Waals surface area contributed by atoms with Gasteiger partial charge in [-0.2, -0.15) is 0 Å². The van der Waals surface area contributed by atoms with Crippen LogP contribution in [0.25, 0.3) is 0 Å². The molecule has 1 N–H and O–H groups in total. The van der Waals surface area contributed by atoms with E-state index in [0.717, 1.165) is 36.9 Å². The van der Waals surface area contributed by atoms with E-state index < -0.39 is 0 Å². The smallest absolute Gasteiger partial charge is 0.253 e. The number of nitrogens with zero attached hydrogens (tertiary/aromatic N) is 1. The highest BCUT2D eigenvalue weighted by molar-refractivity contribution is 9.10. The first-order chi connectivity index (χ1) is 9.11. The van der Waals surface area contributed by atoms with Gasteiger partial charge in [0.05, 0.1) is 10.6 Å². The van der Waals surface area contributed by atoms with Crippen molar-refractivity contribution in [2.75, 3.05) is 19.6 Å². The van der Waals surface area contributed by atoms with E-state index in [9.17, 15) is 4.79 Å². The maximum absolute atomic E-state index is 12.2. The third kappa shape index (κ3) is 3.71. The third-order valence-electron chi connectivity index (χ3n) is 3.57. The Morgan fingerprint density at radius 2 is 2.16 bits per heavy atom. The van der Waals surface area contributed by atoms with Crippen molar-refractivity contribution in [1.82, 2.24) is 10.2 Å². The fourth-order valence-electron chi connectivity index (χ4n) is 2.34. The van der Waals surface area contributed by atoms with Crippen molar-refractivity contribution in [1.29, 1.82) is 0 Å². The lowest BCUT2D eigenvalue weighted by atomic mass is 10.0. The molecule has 19 heavy (non-hydrogen) atoms. The van der Waals surface area contributed by atoms with Gasteiger partial charge in [0.2, 0.25) is 0 Å². The number of halogens is 2. The highest BCUT2D eigenvalue weighted by atomic mass is 79.9. The average Bonchev–Trinajstić information content (AvgIpc) is 2.42. The van der Waals surface area contributed by atoms with Gasteiger partial charge in [-0.15, -0.1) is 0 Å². The lowest BCUT2D eigenvalue weighted by Crippen LogP contribution is -2.44. The molecule has 1 aliphatic heterocycles. The largest absolute Gasteiger partial charge is 0.349 e. The monoisotopic (exact) mass is 344 g/mol. The summed E-state index contributed by atoms with van der Waals surface area (Å²) in [5.74, 6) is -0.0822. The first kappa shape index (κ1) is 14.8. The molecule has 5 heteroatoms. The summed E-state index contributed by atoms with van der Waals surface area (Å²) in [6, 6.07) is 5.66. The molecule has 3 nitrogen and oxygen atoms in total. The van der Waals surface area contributed by atoms with Gasteiger partial charge < -0.3 is 10.2 Å². The van der Waals surface area contributed by atoms with Crippen LogP contribution in [0.4, 0.5) is 0 Å². The van der Waals surface area contributed by atoms with Crippen molar-refractivity contribution in [3.05, 3.63) is 33.3 Å². The fraction of sp³-hybridized carbons (Fsp3) is 0.500. The number of amides is 1. The summed E-state index contributed by atoms with van der Waals surface area (Å²) in [6.45, 7) is 5.35. The van der Waals surface area contributed by atoms with Gasteiger partial charge in [-0.1, -0.05) is 24.6 Å². The SMILES string of the molecule is CCN1CCC(NC(=O)c2cccc(Br)c2Cl)CC1. The van der Waals surface area contributed by atoms with Gasteiger partial charge in [-0.3, -0.25) is 4.79 Å². The Hall–Kier alpha value is -0.580. The van der Waals surface area contributed by atoms with E-state index in [2.05, 4.69) is 33.1 Å². The summed E-state index contributed by atoms with van der Waals surface area (Å²) in [5, 5.41) is 3.55. The van der Waals surface area contributed by atoms with Crippen molar-refractivity contribution in [3.8, 4) is 0 Å². The lowest BCUT2D eigenvalue weighted by Gasteiger charge is -2.31. The van der Waals surface area contributed by atoms with E-state index in [4.69, 9.17) is 11.6 Å². The molecule has 0 aromatic heterocycles. The summed E-state index contributed by atoms with van der Waals surface area (Å²) in [7, 11) is 0. The normalized spacial score (nSPS) is 17.4. The first-order valence-corrected chi connectivity index (χ1v) is 7.76. The standard InChI is InChI=1S/C14H18BrClN2O/c1-2-18-8-6-10(7-9-18)17-14(19)11-4-3-5-12(15)13(11)16/h3-5,10H,2,6-9H2,1H3,(H,17,19). The number of benzene rings is 1. The Balaban J connectivity index is 1.96. The molecule has 0 bridgehead atoms. The molecule has 104 valence electrons. The second-order valence-corrected chi connectivity index (χ2v) is 6.02. The molecule has 1 aromatic rings. The van der Waals surface area contributed by atoms with Crippen LogP contribution in [0.2, 0.25) is 5.02 Å². The minimum Gasteiger partial charge on any atom is -0.349 e.